The van der Waals surface area contributed by atoms with Crippen molar-refractivity contribution >= 4 is 45.3 Å². The van der Waals surface area contributed by atoms with E-state index in [4.69, 9.17) is 9.47 Å². The maximum absolute atomic E-state index is 16.2. The molecule has 8 N–H and O–H groups in total. The van der Waals surface area contributed by atoms with Crippen molar-refractivity contribution in [1.82, 2.24) is 20.4 Å². The van der Waals surface area contributed by atoms with Crippen LogP contribution in [-0.2, 0) is 126 Å². The Kier molecular flexibility index (Phi) is 26.0. The lowest BCUT2D eigenvalue weighted by atomic mass is 9.80. The summed E-state index contributed by atoms with van der Waals surface area (Å²) in [5, 5.41) is 86.1. The zero-order valence-electron chi connectivity index (χ0n) is 69.3. The van der Waals surface area contributed by atoms with Crippen LogP contribution in [0.5, 0.6) is 34.5 Å². The minimum atomic E-state index is -1.28. The number of aromatic hydroxyl groups is 6. The van der Waals surface area contributed by atoms with Gasteiger partial charge in [-0.1, -0.05) is 280 Å². The third-order valence-electron chi connectivity index (χ3n) is 22.0. The van der Waals surface area contributed by atoms with Gasteiger partial charge in [-0.15, -0.1) is 0 Å². The highest BCUT2D eigenvalue weighted by atomic mass is 33.1. The van der Waals surface area contributed by atoms with Crippen LogP contribution >= 0.6 is 21.6 Å². The highest BCUT2D eigenvalue weighted by molar-refractivity contribution is 8.76. The predicted octanol–water partition coefficient (Wildman–Crippen LogP) is 17.3. The van der Waals surface area contributed by atoms with Crippen LogP contribution in [0.25, 0.3) is 0 Å². The number of hydrogen-bond acceptors (Lipinski definition) is 16. The second-order valence-corrected chi connectivity index (χ2v) is 39.6. The molecule has 0 aliphatic carbocycles. The maximum Gasteiger partial charge on any atom is 0.329 e. The summed E-state index contributed by atoms with van der Waals surface area (Å²) in [6.07, 6.45) is 0.309. The summed E-state index contributed by atoms with van der Waals surface area (Å²) in [4.78, 5) is 65.0. The molecule has 8 aromatic carbocycles. The van der Waals surface area contributed by atoms with Crippen molar-refractivity contribution in [1.29, 1.82) is 0 Å². The Morgan fingerprint density at radius 3 is 0.741 bits per heavy atom. The molecule has 2 aliphatic heterocycles. The molecule has 0 spiro atoms. The quantitative estimate of drug-likeness (QED) is 0.0570. The normalized spacial score (nSPS) is 19.0. The molecule has 18 heteroatoms. The topological polar surface area (TPSA) is 239 Å². The van der Waals surface area contributed by atoms with E-state index >= 15 is 9.59 Å². The first-order valence-electron chi connectivity index (χ1n) is 39.0. The third kappa shape index (κ3) is 20.5. The van der Waals surface area contributed by atoms with Crippen LogP contribution in [0.2, 0.25) is 0 Å². The highest BCUT2D eigenvalue weighted by Crippen LogP contribution is 2.45. The van der Waals surface area contributed by atoms with Gasteiger partial charge in [0.15, 0.2) is 0 Å². The molecule has 16 nitrogen and oxygen atoms in total. The van der Waals surface area contributed by atoms with Crippen molar-refractivity contribution in [2.75, 3.05) is 25.7 Å². The summed E-state index contributed by atoms with van der Waals surface area (Å²) in [5.74, 6) is -3.17. The Bertz CT molecular complexity index is 4290. The summed E-state index contributed by atoms with van der Waals surface area (Å²) in [6, 6.07) is 37.8. The molecule has 0 unspecified atom stereocenters. The van der Waals surface area contributed by atoms with Crippen LogP contribution in [0.15, 0.2) is 133 Å². The second kappa shape index (κ2) is 34.0. The molecule has 2 heterocycles. The van der Waals surface area contributed by atoms with Gasteiger partial charge < -0.3 is 50.7 Å². The molecule has 112 heavy (non-hydrogen) atoms. The number of phenols is 6. The molecule has 8 aromatic rings. The largest absolute Gasteiger partial charge is 0.507 e. The Morgan fingerprint density at radius 1 is 0.348 bits per heavy atom. The first kappa shape index (κ1) is 85.5. The number of carbonyl (C=O) groups is 4. The van der Waals surface area contributed by atoms with E-state index in [9.17, 15) is 40.2 Å². The molecular weight excluding hydrogens is 1440 g/mol. The van der Waals surface area contributed by atoms with Gasteiger partial charge in [0, 0.05) is 85.6 Å². The molecule has 598 valence electrons. The first-order chi connectivity index (χ1) is 52.3. The van der Waals surface area contributed by atoms with Gasteiger partial charge in [0.25, 0.3) is 0 Å². The SMILES string of the molecule is COC(=O)[C@H]1CSSC[C@H](C(=O)OC)NC(=O)[C@H](Cc2ccccc2)N2Cc3cc(C(C)(C)C)cc(c3O)Cc3cc(C(C)(C)C)cc(c3O)Cc3cc(C(C)(C)C)cc(c3O)CN(Cc3cc(C(C)(C)C)cc(c3O)Cc3cc(C(C)(C)C)cc(c3O)Cc3cc(C(C)(C)C)cc(c3O)C2)[C@@H](Cc2ccccc2)C(=O)N1. The van der Waals surface area contributed by atoms with E-state index in [-0.39, 0.29) is 111 Å². The van der Waals surface area contributed by atoms with Crippen LogP contribution in [0, 0.1) is 0 Å². The van der Waals surface area contributed by atoms with Crippen LogP contribution in [0.3, 0.4) is 0 Å². The monoisotopic (exact) mass is 1560 g/mol. The number of carbonyl (C=O) groups excluding carboxylic acids is 4. The molecule has 0 saturated carbocycles. The van der Waals surface area contributed by atoms with E-state index in [1.165, 1.54) is 35.8 Å². The number of hydrogen-bond donors (Lipinski definition) is 8. The Morgan fingerprint density at radius 2 is 0.545 bits per heavy atom. The summed E-state index contributed by atoms with van der Waals surface area (Å²) in [5.41, 5.74) is 9.45. The average molecular weight is 1560 g/mol. The van der Waals surface area contributed by atoms with Crippen LogP contribution in [0.1, 0.15) is 236 Å². The van der Waals surface area contributed by atoms with E-state index in [0.29, 0.717) is 66.8 Å². The van der Waals surface area contributed by atoms with Gasteiger partial charge in [-0.3, -0.25) is 19.4 Å². The van der Waals surface area contributed by atoms with Gasteiger partial charge in [-0.2, -0.15) is 0 Å². The Balaban J connectivity index is 1.36. The lowest BCUT2D eigenvalue weighted by Crippen LogP contribution is -2.53. The molecule has 2 amide bonds. The number of amides is 2. The number of rotatable bonds is 6. The predicted molar refractivity (Wildman–Crippen MR) is 451 cm³/mol. The smallest absolute Gasteiger partial charge is 0.329 e. The summed E-state index contributed by atoms with van der Waals surface area (Å²) >= 11 is 0. The van der Waals surface area contributed by atoms with E-state index in [0.717, 1.165) is 44.5 Å². The van der Waals surface area contributed by atoms with Crippen molar-refractivity contribution < 1.29 is 59.3 Å². The molecule has 14 bridgehead atoms. The minimum absolute atomic E-state index is 0.0362. The standard InChI is InChI=1S/C94H118N4O12S2/c1-89(2,3)69-37-57-33-61-41-71(91(7,8)9)45-65(81(61)101)49-97-51-67-47-73(93(13,14)15)43-63(83(67)103)35-59-39-70(90(4,5)6)40-60(80(59)100)36-64-44-74(94(16,17)18)48-68(84(64)104)52-98(50-66-46-72(92(10,11)12)42-62(82(66)102)34-58(38-69)79(57)99)78(32-56-29-25-22-26-30-56)86(106)96-76(88(108)110-20)54-112-111-53-75(87(107)109-19)95-85(105)77(97)31-55-27-23-21-24-28-55/h21-30,37-48,75-78,99-104H,31-36,49-54H2,1-20H3,(H,95,105)(H,96,106)/t75-,76-,77+,78+/m1/s1. The van der Waals surface area contributed by atoms with Crippen molar-refractivity contribution in [3.8, 4) is 34.5 Å². The van der Waals surface area contributed by atoms with Gasteiger partial charge in [0.1, 0.15) is 46.6 Å². The summed E-state index contributed by atoms with van der Waals surface area (Å²) in [7, 11) is 4.86. The van der Waals surface area contributed by atoms with E-state index < -0.39 is 80.4 Å². The zero-order valence-corrected chi connectivity index (χ0v) is 71.0. The molecule has 0 radical (unpaired) electrons. The Labute approximate surface area is 672 Å². The van der Waals surface area contributed by atoms with E-state index in [2.05, 4.69) is 135 Å². The number of nitrogens with zero attached hydrogens (tertiary/aromatic N) is 2. The summed E-state index contributed by atoms with van der Waals surface area (Å²) in [6.45, 7) is 37.2. The molecule has 0 aromatic heterocycles. The minimum Gasteiger partial charge on any atom is -0.507 e. The van der Waals surface area contributed by atoms with Crippen LogP contribution < -0.4 is 10.6 Å². The molecule has 2 aliphatic rings. The van der Waals surface area contributed by atoms with Gasteiger partial charge >= 0.3 is 11.9 Å². The fourth-order valence-corrected chi connectivity index (χ4v) is 17.1. The lowest BCUT2D eigenvalue weighted by Gasteiger charge is -2.34. The fourth-order valence-electron chi connectivity index (χ4n) is 14.8. The van der Waals surface area contributed by atoms with Crippen molar-refractivity contribution in [3.63, 3.8) is 0 Å². The van der Waals surface area contributed by atoms with Crippen molar-refractivity contribution in [2.24, 2.45) is 0 Å². The average Bonchev–Trinajstić information content (AvgIpc) is 0.783. The molecule has 0 fully saturated rings. The van der Waals surface area contributed by atoms with E-state index in [1.54, 1.807) is 0 Å². The fraction of sp³-hybridized carbons (Fsp3) is 0.447. The number of nitrogens with one attached hydrogen (secondary N) is 2. The van der Waals surface area contributed by atoms with Crippen molar-refractivity contribution in [2.45, 2.75) is 246 Å². The second-order valence-electron chi connectivity index (χ2n) is 37.0. The van der Waals surface area contributed by atoms with Crippen molar-refractivity contribution in [3.05, 3.63) is 245 Å². The van der Waals surface area contributed by atoms with Gasteiger partial charge in [-0.05, 0) is 134 Å². The summed E-state index contributed by atoms with van der Waals surface area (Å²) < 4.78 is 10.9. The van der Waals surface area contributed by atoms with Gasteiger partial charge in [0.2, 0.25) is 11.8 Å². The third-order valence-corrected chi connectivity index (χ3v) is 24.4. The molecule has 4 atom stereocenters. The van der Waals surface area contributed by atoms with Crippen LogP contribution in [-0.4, -0.2) is 114 Å². The number of phenolic OH excluding ortho intramolecular Hbond substituents is 6. The lowest BCUT2D eigenvalue weighted by molar-refractivity contribution is -0.145. The van der Waals surface area contributed by atoms with Gasteiger partial charge in [-0.25, -0.2) is 9.59 Å². The molecule has 10 rings (SSSR count). The number of benzene rings is 8. The maximum atomic E-state index is 16.2. The van der Waals surface area contributed by atoms with Crippen LogP contribution in [0.4, 0.5) is 0 Å². The zero-order chi connectivity index (χ0) is 82.1. The van der Waals surface area contributed by atoms with E-state index in [1.807, 2.05) is 143 Å². The molecular formula is C94H118N4O12S2. The number of fused-ring (bicyclic) bond motifs is 25. The first-order valence-corrected chi connectivity index (χ1v) is 41.5. The number of esters is 2. The number of ether oxygens (including phenoxy) is 2. The van der Waals surface area contributed by atoms with Gasteiger partial charge in [0.05, 0.1) is 26.3 Å². The number of methoxy groups -OCH3 is 2. The Hall–Kier alpha value is -8.94. The highest BCUT2D eigenvalue weighted by Gasteiger charge is 2.38. The molecule has 0 saturated heterocycles.